The normalized spacial score (nSPS) is 12.8. The van der Waals surface area contributed by atoms with E-state index in [4.69, 9.17) is 14.2 Å². The molecule has 0 aliphatic heterocycles. The molecule has 0 radical (unpaired) electrons. The molecule has 1 aromatic heterocycles. The van der Waals surface area contributed by atoms with Crippen LogP contribution in [-0.4, -0.2) is 36.6 Å². The lowest BCUT2D eigenvalue weighted by Crippen LogP contribution is -2.47. The summed E-state index contributed by atoms with van der Waals surface area (Å²) in [5, 5.41) is 18.4. The van der Waals surface area contributed by atoms with Crippen LogP contribution in [0.3, 0.4) is 0 Å². The molecule has 0 bridgehead atoms. The molecule has 0 aliphatic rings. The van der Waals surface area contributed by atoms with Crippen molar-refractivity contribution in [1.29, 1.82) is 0 Å². The summed E-state index contributed by atoms with van der Waals surface area (Å²) in [5.74, 6) is 2.78. The summed E-state index contributed by atoms with van der Waals surface area (Å²) in [6.45, 7) is 4.87. The summed E-state index contributed by atoms with van der Waals surface area (Å²) >= 11 is 0. The van der Waals surface area contributed by atoms with E-state index in [1.54, 1.807) is 20.4 Å². The first-order chi connectivity index (χ1) is 17.5. The average molecular weight is 488 g/mol. The van der Waals surface area contributed by atoms with Gasteiger partial charge in [-0.1, -0.05) is 44.2 Å². The van der Waals surface area contributed by atoms with Crippen molar-refractivity contribution in [3.63, 3.8) is 0 Å². The molecule has 2 atom stereocenters. The highest BCUT2D eigenvalue weighted by Crippen LogP contribution is 2.37. The van der Waals surface area contributed by atoms with E-state index >= 15 is 0 Å². The van der Waals surface area contributed by atoms with Gasteiger partial charge in [0.2, 0.25) is 0 Å². The third kappa shape index (κ3) is 6.05. The first-order valence-corrected chi connectivity index (χ1v) is 12.0. The van der Waals surface area contributed by atoms with Crippen LogP contribution < -0.4 is 24.8 Å². The summed E-state index contributed by atoms with van der Waals surface area (Å²) in [4.78, 5) is 4.42. The minimum Gasteiger partial charge on any atom is -0.493 e. The second-order valence-electron chi connectivity index (χ2n) is 8.89. The van der Waals surface area contributed by atoms with Crippen LogP contribution in [0.1, 0.15) is 19.4 Å². The van der Waals surface area contributed by atoms with Gasteiger partial charge in [-0.25, -0.2) is 0 Å². The Balaban J connectivity index is 1.44. The largest absolute Gasteiger partial charge is 0.493 e. The molecule has 188 valence electrons. The van der Waals surface area contributed by atoms with Crippen molar-refractivity contribution in [2.45, 2.75) is 32.7 Å². The van der Waals surface area contributed by atoms with E-state index in [0.717, 1.165) is 16.6 Å². The van der Waals surface area contributed by atoms with E-state index in [9.17, 15) is 5.11 Å². The Morgan fingerprint density at radius 1 is 0.861 bits per heavy atom. The second kappa shape index (κ2) is 11.7. The van der Waals surface area contributed by atoms with Crippen molar-refractivity contribution in [1.82, 2.24) is 10.3 Å². The number of rotatable bonds is 11. The Hall–Kier alpha value is -3.81. The number of hydrogen-bond donors (Lipinski definition) is 3. The molecule has 0 amide bonds. The third-order valence-corrected chi connectivity index (χ3v) is 6.05. The van der Waals surface area contributed by atoms with Crippen LogP contribution in [0.2, 0.25) is 0 Å². The summed E-state index contributed by atoms with van der Waals surface area (Å²) in [7, 11) is 3.20. The lowest BCUT2D eigenvalue weighted by Gasteiger charge is -2.29. The number of hydrogen-bond acceptors (Lipinski definition) is 7. The van der Waals surface area contributed by atoms with Crippen LogP contribution in [0.4, 0.5) is 5.69 Å². The molecule has 3 aromatic carbocycles. The second-order valence-corrected chi connectivity index (χ2v) is 8.89. The minimum absolute atomic E-state index is 0.128. The fourth-order valence-corrected chi connectivity index (χ4v) is 4.09. The number of aromatic nitrogens is 1. The lowest BCUT2D eigenvalue weighted by atomic mass is 10.0. The maximum atomic E-state index is 10.9. The molecule has 1 heterocycles. The Kier molecular flexibility index (Phi) is 8.25. The Labute approximate surface area is 212 Å². The SMILES string of the molecule is COc1cc2nccc(Oc3ccc(NC(O)C(NCc4ccccc4)C(C)C)cc3)c2cc1OC. The molecule has 0 aliphatic carbocycles. The molecule has 4 aromatic rings. The van der Waals surface area contributed by atoms with Gasteiger partial charge in [-0.3, -0.25) is 4.98 Å². The summed E-state index contributed by atoms with van der Waals surface area (Å²) < 4.78 is 17.0. The van der Waals surface area contributed by atoms with Crippen LogP contribution in [-0.2, 0) is 6.54 Å². The van der Waals surface area contributed by atoms with Gasteiger partial charge in [-0.2, -0.15) is 0 Å². The Bertz CT molecular complexity index is 1260. The minimum atomic E-state index is -0.757. The molecule has 2 unspecified atom stereocenters. The maximum Gasteiger partial charge on any atom is 0.162 e. The van der Waals surface area contributed by atoms with Gasteiger partial charge in [0.1, 0.15) is 17.7 Å². The number of anilines is 1. The van der Waals surface area contributed by atoms with Crippen molar-refractivity contribution in [3.8, 4) is 23.0 Å². The van der Waals surface area contributed by atoms with Crippen molar-refractivity contribution < 1.29 is 19.3 Å². The van der Waals surface area contributed by atoms with Gasteiger partial charge in [0, 0.05) is 29.9 Å². The number of methoxy groups -OCH3 is 2. The van der Waals surface area contributed by atoms with Crippen molar-refractivity contribution in [2.75, 3.05) is 19.5 Å². The predicted octanol–water partition coefficient (Wildman–Crippen LogP) is 5.59. The molecular weight excluding hydrogens is 454 g/mol. The van der Waals surface area contributed by atoms with Gasteiger partial charge in [0.25, 0.3) is 0 Å². The molecule has 7 heteroatoms. The van der Waals surface area contributed by atoms with Crippen LogP contribution in [0.25, 0.3) is 10.9 Å². The number of aliphatic hydroxyl groups excluding tert-OH is 1. The number of nitrogens with one attached hydrogen (secondary N) is 2. The molecule has 4 rings (SSSR count). The molecule has 0 spiro atoms. The Morgan fingerprint density at radius 2 is 1.56 bits per heavy atom. The van der Waals surface area contributed by atoms with E-state index in [-0.39, 0.29) is 12.0 Å². The predicted molar refractivity (Wildman–Crippen MR) is 143 cm³/mol. The molecule has 0 fully saturated rings. The van der Waals surface area contributed by atoms with E-state index in [2.05, 4.69) is 41.6 Å². The fraction of sp³-hybridized carbons (Fsp3) is 0.276. The first kappa shape index (κ1) is 25.3. The van der Waals surface area contributed by atoms with Gasteiger partial charge < -0.3 is 30.0 Å². The number of ether oxygens (including phenoxy) is 3. The summed E-state index contributed by atoms with van der Waals surface area (Å²) in [6.07, 6.45) is 0.941. The lowest BCUT2D eigenvalue weighted by molar-refractivity contribution is 0.128. The number of nitrogens with zero attached hydrogens (tertiary/aromatic N) is 1. The van der Waals surface area contributed by atoms with Crippen LogP contribution in [0.15, 0.2) is 79.0 Å². The fourth-order valence-electron chi connectivity index (χ4n) is 4.09. The number of benzene rings is 3. The average Bonchev–Trinajstić information content (AvgIpc) is 2.89. The van der Waals surface area contributed by atoms with E-state index < -0.39 is 6.23 Å². The van der Waals surface area contributed by atoms with Gasteiger partial charge in [-0.15, -0.1) is 0 Å². The Morgan fingerprint density at radius 3 is 2.22 bits per heavy atom. The monoisotopic (exact) mass is 487 g/mol. The molecule has 7 nitrogen and oxygen atoms in total. The number of pyridine rings is 1. The zero-order chi connectivity index (χ0) is 25.5. The van der Waals surface area contributed by atoms with Crippen LogP contribution >= 0.6 is 0 Å². The van der Waals surface area contributed by atoms with E-state index in [0.29, 0.717) is 29.5 Å². The zero-order valence-electron chi connectivity index (χ0n) is 21.1. The van der Waals surface area contributed by atoms with Crippen LogP contribution in [0.5, 0.6) is 23.0 Å². The highest BCUT2D eigenvalue weighted by Gasteiger charge is 2.22. The standard InChI is InChI=1S/C29H33N3O4/c1-19(2)28(31-18-20-8-6-5-7-9-20)29(33)32-21-10-12-22(13-11-21)36-25-14-15-30-24-17-27(35-4)26(34-3)16-23(24)25/h5-17,19,28-29,31-33H,18H2,1-4H3. The third-order valence-electron chi connectivity index (χ3n) is 6.05. The first-order valence-electron chi connectivity index (χ1n) is 12.0. The summed E-state index contributed by atoms with van der Waals surface area (Å²) in [5.41, 5.74) is 2.72. The van der Waals surface area contributed by atoms with Gasteiger partial charge in [-0.05, 0) is 47.9 Å². The molecule has 3 N–H and O–H groups in total. The van der Waals surface area contributed by atoms with Gasteiger partial charge in [0.05, 0.1) is 25.8 Å². The molecule has 0 saturated carbocycles. The molecule has 0 saturated heterocycles. The van der Waals surface area contributed by atoms with Crippen molar-refractivity contribution in [3.05, 3.63) is 84.6 Å². The quantitative estimate of drug-likeness (QED) is 0.238. The van der Waals surface area contributed by atoms with Gasteiger partial charge in [0.15, 0.2) is 11.5 Å². The van der Waals surface area contributed by atoms with E-state index in [1.807, 2.05) is 60.7 Å². The van der Waals surface area contributed by atoms with E-state index in [1.165, 1.54) is 5.56 Å². The maximum absolute atomic E-state index is 10.9. The smallest absolute Gasteiger partial charge is 0.162 e. The number of fused-ring (bicyclic) bond motifs is 1. The van der Waals surface area contributed by atoms with Crippen molar-refractivity contribution >= 4 is 16.6 Å². The van der Waals surface area contributed by atoms with Crippen LogP contribution in [0, 0.1) is 5.92 Å². The number of aliphatic hydroxyl groups is 1. The highest BCUT2D eigenvalue weighted by atomic mass is 16.5. The van der Waals surface area contributed by atoms with Crippen molar-refractivity contribution in [2.24, 2.45) is 5.92 Å². The highest BCUT2D eigenvalue weighted by molar-refractivity contribution is 5.88. The topological polar surface area (TPSA) is 84.9 Å². The molecular formula is C29H33N3O4. The van der Waals surface area contributed by atoms with Gasteiger partial charge >= 0.3 is 0 Å². The summed E-state index contributed by atoms with van der Waals surface area (Å²) in [6, 6.07) is 23.1. The zero-order valence-corrected chi connectivity index (χ0v) is 21.1. The molecule has 36 heavy (non-hydrogen) atoms.